The molecule has 1 fully saturated rings. The van der Waals surface area contributed by atoms with Crippen molar-refractivity contribution in [2.45, 2.75) is 38.5 Å². The Labute approximate surface area is 126 Å². The minimum Gasteiger partial charge on any atom is -0.387 e. The summed E-state index contributed by atoms with van der Waals surface area (Å²) in [5, 5.41) is 15.4. The molecule has 2 unspecified atom stereocenters. The van der Waals surface area contributed by atoms with E-state index in [1.54, 1.807) is 6.20 Å². The first kappa shape index (κ1) is 15.8. The highest BCUT2D eigenvalue weighted by Gasteiger charge is 2.28. The third-order valence-corrected chi connectivity index (χ3v) is 4.36. The van der Waals surface area contributed by atoms with Crippen molar-refractivity contribution < 1.29 is 5.11 Å². The van der Waals surface area contributed by atoms with E-state index >= 15 is 0 Å². The molecule has 0 spiro atoms. The summed E-state index contributed by atoms with van der Waals surface area (Å²) in [7, 11) is 4.24. The van der Waals surface area contributed by atoms with Crippen LogP contribution in [0.2, 0.25) is 5.02 Å². The minimum absolute atomic E-state index is 0.193. The maximum absolute atomic E-state index is 10.6. The summed E-state index contributed by atoms with van der Waals surface area (Å²) >= 11 is 6.20. The van der Waals surface area contributed by atoms with Gasteiger partial charge in [0.2, 0.25) is 0 Å². The molecule has 2 rings (SSSR count). The van der Waals surface area contributed by atoms with Gasteiger partial charge in [-0.25, -0.2) is 0 Å². The first-order valence-electron chi connectivity index (χ1n) is 7.20. The van der Waals surface area contributed by atoms with Gasteiger partial charge in [0.15, 0.2) is 0 Å². The highest BCUT2D eigenvalue weighted by molar-refractivity contribution is 6.31. The van der Waals surface area contributed by atoms with E-state index in [0.717, 1.165) is 25.3 Å². The van der Waals surface area contributed by atoms with Crippen molar-refractivity contribution in [1.29, 1.82) is 0 Å². The van der Waals surface area contributed by atoms with E-state index in [0.29, 0.717) is 17.5 Å². The van der Waals surface area contributed by atoms with Crippen molar-refractivity contribution in [3.05, 3.63) is 16.9 Å². The van der Waals surface area contributed by atoms with Crippen LogP contribution in [0.25, 0.3) is 0 Å². The van der Waals surface area contributed by atoms with E-state index < -0.39 is 6.10 Å². The molecule has 114 valence electrons. The lowest BCUT2D eigenvalue weighted by Gasteiger charge is -2.38. The van der Waals surface area contributed by atoms with Gasteiger partial charge < -0.3 is 14.9 Å². The Morgan fingerprint density at radius 1 is 1.40 bits per heavy atom. The summed E-state index contributed by atoms with van der Waals surface area (Å²) in [6.07, 6.45) is 1.72. The number of piperazine rings is 1. The lowest BCUT2D eigenvalue weighted by atomic mass is 10.0. The number of hydrogen-bond donors (Lipinski definition) is 1. The van der Waals surface area contributed by atoms with Crippen LogP contribution in [0.5, 0.6) is 0 Å². The van der Waals surface area contributed by atoms with Crippen molar-refractivity contribution in [2.75, 3.05) is 33.7 Å². The predicted octanol–water partition coefficient (Wildman–Crippen LogP) is 1.79. The van der Waals surface area contributed by atoms with Gasteiger partial charge in [-0.1, -0.05) is 11.6 Å². The Balaban J connectivity index is 2.11. The molecule has 0 aliphatic carbocycles. The normalized spacial score (nSPS) is 23.4. The largest absolute Gasteiger partial charge is 0.387 e. The Bertz CT molecular complexity index is 448. The van der Waals surface area contributed by atoms with Crippen LogP contribution in [0.3, 0.4) is 0 Å². The Morgan fingerprint density at radius 2 is 2.10 bits per heavy atom. The fraction of sp³-hybridized carbons (Fsp3) is 0.786. The molecule has 0 bridgehead atoms. The monoisotopic (exact) mass is 300 g/mol. The van der Waals surface area contributed by atoms with Crippen molar-refractivity contribution >= 4 is 11.6 Å². The molecule has 1 aliphatic heterocycles. The zero-order valence-corrected chi connectivity index (χ0v) is 13.5. The van der Waals surface area contributed by atoms with Crippen LogP contribution < -0.4 is 0 Å². The van der Waals surface area contributed by atoms with E-state index in [9.17, 15) is 5.11 Å². The molecule has 2 atom stereocenters. The zero-order valence-electron chi connectivity index (χ0n) is 12.8. The third-order valence-electron chi connectivity index (χ3n) is 4.07. The van der Waals surface area contributed by atoms with Gasteiger partial charge in [0.25, 0.3) is 0 Å². The van der Waals surface area contributed by atoms with E-state index in [-0.39, 0.29) is 6.04 Å². The van der Waals surface area contributed by atoms with Gasteiger partial charge in [-0.15, -0.1) is 0 Å². The summed E-state index contributed by atoms with van der Waals surface area (Å²) in [5.41, 5.74) is 0.739. The summed E-state index contributed by atoms with van der Waals surface area (Å²) in [4.78, 5) is 4.62. The topological polar surface area (TPSA) is 44.5 Å². The second-order valence-corrected chi connectivity index (χ2v) is 6.47. The molecule has 0 amide bonds. The maximum atomic E-state index is 10.6. The van der Waals surface area contributed by atoms with E-state index in [1.807, 2.05) is 18.5 Å². The average Bonchev–Trinajstić information content (AvgIpc) is 2.76. The fourth-order valence-corrected chi connectivity index (χ4v) is 3.06. The van der Waals surface area contributed by atoms with E-state index in [4.69, 9.17) is 11.6 Å². The molecular formula is C14H25ClN4O. The lowest BCUT2D eigenvalue weighted by molar-refractivity contribution is 0.0596. The summed E-state index contributed by atoms with van der Waals surface area (Å²) in [6.45, 7) is 7.17. The van der Waals surface area contributed by atoms with Crippen LogP contribution >= 0.6 is 11.6 Å². The van der Waals surface area contributed by atoms with Gasteiger partial charge in [0.1, 0.15) is 0 Å². The smallest absolute Gasteiger partial charge is 0.0987 e. The first-order chi connectivity index (χ1) is 9.40. The van der Waals surface area contributed by atoms with Gasteiger partial charge in [-0.3, -0.25) is 4.68 Å². The number of aliphatic hydroxyl groups excluding tert-OH is 1. The predicted molar refractivity (Wildman–Crippen MR) is 81.1 cm³/mol. The molecule has 1 aliphatic rings. The second-order valence-electron chi connectivity index (χ2n) is 6.06. The first-order valence-corrected chi connectivity index (χ1v) is 7.57. The molecule has 1 N–H and O–H groups in total. The van der Waals surface area contributed by atoms with Crippen LogP contribution in [-0.4, -0.2) is 64.5 Å². The van der Waals surface area contributed by atoms with Crippen molar-refractivity contribution in [3.63, 3.8) is 0 Å². The Hall–Kier alpha value is -0.620. The molecule has 0 radical (unpaired) electrons. The van der Waals surface area contributed by atoms with Gasteiger partial charge in [-0.05, 0) is 34.4 Å². The Morgan fingerprint density at radius 3 is 2.75 bits per heavy atom. The summed E-state index contributed by atoms with van der Waals surface area (Å²) in [5.74, 6) is 0. The van der Waals surface area contributed by atoms with E-state index in [2.05, 4.69) is 29.0 Å². The molecule has 20 heavy (non-hydrogen) atoms. The quantitative estimate of drug-likeness (QED) is 0.921. The molecule has 0 aromatic carbocycles. The zero-order chi connectivity index (χ0) is 14.9. The molecule has 5 nitrogen and oxygen atoms in total. The maximum Gasteiger partial charge on any atom is 0.0987 e. The van der Waals surface area contributed by atoms with Crippen molar-refractivity contribution in [1.82, 2.24) is 19.6 Å². The van der Waals surface area contributed by atoms with Gasteiger partial charge in [0.05, 0.1) is 23.0 Å². The van der Waals surface area contributed by atoms with Gasteiger partial charge in [-0.2, -0.15) is 5.10 Å². The SMILES string of the molecule is CC(C)n1ncc(Cl)c1C(O)CC1CN(C)CCN1C. The third kappa shape index (κ3) is 3.34. The van der Waals surface area contributed by atoms with Crippen LogP contribution in [0.1, 0.15) is 38.1 Å². The minimum atomic E-state index is -0.577. The molecule has 6 heteroatoms. The molecule has 0 saturated carbocycles. The highest BCUT2D eigenvalue weighted by Crippen LogP contribution is 2.29. The molecule has 1 aromatic heterocycles. The number of likely N-dealkylation sites (N-methyl/N-ethyl adjacent to an activating group) is 2. The van der Waals surface area contributed by atoms with Crippen LogP contribution in [-0.2, 0) is 0 Å². The molecular weight excluding hydrogens is 276 g/mol. The standard InChI is InChI=1S/C14H25ClN4O/c1-10(2)19-14(12(15)8-16-19)13(20)7-11-9-17(3)5-6-18(11)4/h8,10-11,13,20H,5-7,9H2,1-4H3. The van der Waals surface area contributed by atoms with Gasteiger partial charge in [0, 0.05) is 31.7 Å². The lowest BCUT2D eigenvalue weighted by Crippen LogP contribution is -2.50. The highest BCUT2D eigenvalue weighted by atomic mass is 35.5. The molecule has 1 aromatic rings. The van der Waals surface area contributed by atoms with Crippen molar-refractivity contribution in [3.8, 4) is 0 Å². The molecule has 2 heterocycles. The fourth-order valence-electron chi connectivity index (χ4n) is 2.80. The number of halogens is 1. The van der Waals surface area contributed by atoms with Crippen LogP contribution in [0.15, 0.2) is 6.20 Å². The second kappa shape index (κ2) is 6.43. The van der Waals surface area contributed by atoms with Crippen molar-refractivity contribution in [2.24, 2.45) is 0 Å². The number of hydrogen-bond acceptors (Lipinski definition) is 4. The van der Waals surface area contributed by atoms with Crippen LogP contribution in [0.4, 0.5) is 0 Å². The van der Waals surface area contributed by atoms with Crippen LogP contribution in [0, 0.1) is 0 Å². The summed E-state index contributed by atoms with van der Waals surface area (Å²) < 4.78 is 1.82. The average molecular weight is 301 g/mol. The molecule has 1 saturated heterocycles. The number of aliphatic hydroxyl groups is 1. The number of nitrogens with zero attached hydrogens (tertiary/aromatic N) is 4. The summed E-state index contributed by atoms with van der Waals surface area (Å²) in [6, 6.07) is 0.536. The Kier molecular flexibility index (Phi) is 5.07. The van der Waals surface area contributed by atoms with E-state index in [1.165, 1.54) is 0 Å². The van der Waals surface area contributed by atoms with Gasteiger partial charge >= 0.3 is 0 Å². The number of aromatic nitrogens is 2. The number of rotatable bonds is 4.